The van der Waals surface area contributed by atoms with Gasteiger partial charge in [0.05, 0.1) is 23.7 Å². The third-order valence-corrected chi connectivity index (χ3v) is 2.73. The fraction of sp³-hybridized carbons (Fsp3) is 0.273. The van der Waals surface area contributed by atoms with Gasteiger partial charge in [0.2, 0.25) is 5.95 Å². The molecule has 0 atom stereocenters. The van der Waals surface area contributed by atoms with Crippen LogP contribution in [0.5, 0.6) is 5.75 Å². The fourth-order valence-corrected chi connectivity index (χ4v) is 2.06. The monoisotopic (exact) mass is 214 g/mol. The molecule has 0 aliphatic carbocycles. The number of ether oxygens (including phenoxy) is 1. The normalized spacial score (nSPS) is 13.2. The predicted molar refractivity (Wildman–Crippen MR) is 59.5 cm³/mol. The molecule has 5 nitrogen and oxygen atoms in total. The van der Waals surface area contributed by atoms with Crippen LogP contribution in [-0.4, -0.2) is 23.2 Å². The molecule has 80 valence electrons. The lowest BCUT2D eigenvalue weighted by molar-refractivity contribution is 0.288. The molecule has 2 heterocycles. The summed E-state index contributed by atoms with van der Waals surface area (Å²) < 4.78 is 7.63. The maximum Gasteiger partial charge on any atom is 0.203 e. The highest BCUT2D eigenvalue weighted by Gasteiger charge is 2.19. The van der Waals surface area contributed by atoms with Crippen LogP contribution in [0.1, 0.15) is 5.56 Å². The standard InChI is InChI=1S/C11H10N4O/c1-13-11-14-8-4-7(6-12)5-9-10(8)15(11)2-3-16-9/h4-5H,2-3H2,1H3,(H,13,14). The number of benzene rings is 1. The van der Waals surface area contributed by atoms with Gasteiger partial charge in [-0.2, -0.15) is 5.26 Å². The van der Waals surface area contributed by atoms with Gasteiger partial charge in [0, 0.05) is 13.1 Å². The van der Waals surface area contributed by atoms with E-state index in [0.717, 1.165) is 29.3 Å². The fourth-order valence-electron chi connectivity index (χ4n) is 2.06. The highest BCUT2D eigenvalue weighted by atomic mass is 16.5. The zero-order valence-corrected chi connectivity index (χ0v) is 8.82. The van der Waals surface area contributed by atoms with E-state index in [1.807, 2.05) is 7.05 Å². The van der Waals surface area contributed by atoms with Gasteiger partial charge in [0.15, 0.2) is 0 Å². The van der Waals surface area contributed by atoms with Crippen LogP contribution in [0.2, 0.25) is 0 Å². The molecule has 5 heteroatoms. The number of hydrogen-bond acceptors (Lipinski definition) is 4. The van der Waals surface area contributed by atoms with Gasteiger partial charge in [-0.1, -0.05) is 0 Å². The molecule has 0 unspecified atom stereocenters. The van der Waals surface area contributed by atoms with Crippen molar-refractivity contribution in [3.8, 4) is 11.8 Å². The number of nitrogens with one attached hydrogen (secondary N) is 1. The molecule has 0 bridgehead atoms. The van der Waals surface area contributed by atoms with Crippen molar-refractivity contribution in [2.24, 2.45) is 0 Å². The number of aromatic nitrogens is 2. The first-order chi connectivity index (χ1) is 7.83. The van der Waals surface area contributed by atoms with E-state index in [9.17, 15) is 0 Å². The quantitative estimate of drug-likeness (QED) is 0.778. The summed E-state index contributed by atoms with van der Waals surface area (Å²) in [7, 11) is 1.84. The first-order valence-electron chi connectivity index (χ1n) is 5.08. The van der Waals surface area contributed by atoms with Gasteiger partial charge in [-0.15, -0.1) is 0 Å². The molecule has 0 saturated carbocycles. The van der Waals surface area contributed by atoms with Crippen molar-refractivity contribution >= 4 is 17.0 Å². The minimum Gasteiger partial charge on any atom is -0.489 e. The molecule has 0 fully saturated rings. The lowest BCUT2D eigenvalue weighted by atomic mass is 10.2. The number of rotatable bonds is 1. The third-order valence-electron chi connectivity index (χ3n) is 2.73. The lowest BCUT2D eigenvalue weighted by Crippen LogP contribution is -2.15. The van der Waals surface area contributed by atoms with Crippen molar-refractivity contribution in [2.45, 2.75) is 6.54 Å². The first-order valence-corrected chi connectivity index (χ1v) is 5.08. The van der Waals surface area contributed by atoms with Crippen LogP contribution in [0.25, 0.3) is 11.0 Å². The summed E-state index contributed by atoms with van der Waals surface area (Å²) in [5.74, 6) is 1.56. The molecule has 1 aromatic heterocycles. The SMILES string of the molecule is CNc1nc2cc(C#N)cc3c2n1CCO3. The number of nitrogens with zero attached hydrogens (tertiary/aromatic N) is 3. The Hall–Kier alpha value is -2.22. The highest BCUT2D eigenvalue weighted by molar-refractivity contribution is 5.86. The maximum absolute atomic E-state index is 8.91. The van der Waals surface area contributed by atoms with E-state index in [4.69, 9.17) is 10.00 Å². The van der Waals surface area contributed by atoms with Crippen molar-refractivity contribution in [2.75, 3.05) is 19.0 Å². The van der Waals surface area contributed by atoms with Crippen molar-refractivity contribution in [3.63, 3.8) is 0 Å². The Balaban J connectivity index is 2.40. The smallest absolute Gasteiger partial charge is 0.203 e. The Kier molecular flexibility index (Phi) is 1.77. The summed E-state index contributed by atoms with van der Waals surface area (Å²) in [6.45, 7) is 1.40. The second-order valence-electron chi connectivity index (χ2n) is 3.64. The van der Waals surface area contributed by atoms with Gasteiger partial charge >= 0.3 is 0 Å². The van der Waals surface area contributed by atoms with Gasteiger partial charge in [0.25, 0.3) is 0 Å². The zero-order chi connectivity index (χ0) is 11.1. The summed E-state index contributed by atoms with van der Waals surface area (Å²) in [6, 6.07) is 5.66. The molecule has 1 N–H and O–H groups in total. The second-order valence-corrected chi connectivity index (χ2v) is 3.64. The van der Waals surface area contributed by atoms with E-state index in [0.29, 0.717) is 12.2 Å². The third kappa shape index (κ3) is 1.07. The van der Waals surface area contributed by atoms with Crippen LogP contribution in [0.4, 0.5) is 5.95 Å². The first kappa shape index (κ1) is 9.04. The van der Waals surface area contributed by atoms with Crippen molar-refractivity contribution in [1.82, 2.24) is 9.55 Å². The van der Waals surface area contributed by atoms with E-state index in [2.05, 4.69) is 20.9 Å². The Bertz CT molecular complexity index is 608. The van der Waals surface area contributed by atoms with Crippen LogP contribution in [-0.2, 0) is 6.54 Å². The molecular weight excluding hydrogens is 204 g/mol. The molecule has 0 saturated heterocycles. The molecule has 0 radical (unpaired) electrons. The molecule has 3 rings (SSSR count). The molecule has 16 heavy (non-hydrogen) atoms. The molecule has 0 amide bonds. The summed E-state index contributed by atoms with van der Waals surface area (Å²) in [4.78, 5) is 4.43. The predicted octanol–water partition coefficient (Wildman–Crippen LogP) is 1.34. The zero-order valence-electron chi connectivity index (χ0n) is 8.82. The summed E-state index contributed by atoms with van der Waals surface area (Å²) in [6.07, 6.45) is 0. The van der Waals surface area contributed by atoms with Crippen LogP contribution in [0.15, 0.2) is 12.1 Å². The van der Waals surface area contributed by atoms with Gasteiger partial charge in [0.1, 0.15) is 17.9 Å². The summed E-state index contributed by atoms with van der Waals surface area (Å²) >= 11 is 0. The van der Waals surface area contributed by atoms with Gasteiger partial charge < -0.3 is 14.6 Å². The average molecular weight is 214 g/mol. The summed E-state index contributed by atoms with van der Waals surface area (Å²) in [5, 5.41) is 12.0. The Morgan fingerprint density at radius 2 is 2.44 bits per heavy atom. The van der Waals surface area contributed by atoms with Crippen LogP contribution < -0.4 is 10.1 Å². The van der Waals surface area contributed by atoms with Crippen LogP contribution >= 0.6 is 0 Å². The Labute approximate surface area is 92.3 Å². The van der Waals surface area contributed by atoms with E-state index in [-0.39, 0.29) is 0 Å². The van der Waals surface area contributed by atoms with Crippen LogP contribution in [0.3, 0.4) is 0 Å². The van der Waals surface area contributed by atoms with Crippen molar-refractivity contribution in [3.05, 3.63) is 17.7 Å². The average Bonchev–Trinajstić information content (AvgIpc) is 2.69. The Morgan fingerprint density at radius 3 is 3.19 bits per heavy atom. The van der Waals surface area contributed by atoms with Gasteiger partial charge in [-0.3, -0.25) is 0 Å². The van der Waals surface area contributed by atoms with E-state index in [1.165, 1.54) is 0 Å². The van der Waals surface area contributed by atoms with Crippen molar-refractivity contribution in [1.29, 1.82) is 5.26 Å². The van der Waals surface area contributed by atoms with Crippen LogP contribution in [0, 0.1) is 11.3 Å². The number of hydrogen-bond donors (Lipinski definition) is 1. The van der Waals surface area contributed by atoms with Crippen molar-refractivity contribution < 1.29 is 4.74 Å². The minimum absolute atomic E-state index is 0.580. The van der Waals surface area contributed by atoms with E-state index >= 15 is 0 Å². The maximum atomic E-state index is 8.91. The minimum atomic E-state index is 0.580. The molecule has 1 aliphatic rings. The van der Waals surface area contributed by atoms with Gasteiger partial charge in [-0.05, 0) is 6.07 Å². The Morgan fingerprint density at radius 1 is 1.56 bits per heavy atom. The second kappa shape index (κ2) is 3.14. The van der Waals surface area contributed by atoms with Gasteiger partial charge in [-0.25, -0.2) is 4.98 Å². The van der Waals surface area contributed by atoms with E-state index < -0.39 is 0 Å². The highest BCUT2D eigenvalue weighted by Crippen LogP contribution is 2.32. The number of anilines is 1. The number of nitriles is 1. The lowest BCUT2D eigenvalue weighted by Gasteiger charge is -2.17. The number of imidazole rings is 1. The van der Waals surface area contributed by atoms with E-state index in [1.54, 1.807) is 12.1 Å². The largest absolute Gasteiger partial charge is 0.489 e. The topological polar surface area (TPSA) is 62.9 Å². The molecule has 2 aromatic rings. The molecule has 1 aromatic carbocycles. The molecule has 1 aliphatic heterocycles. The summed E-state index contributed by atoms with van der Waals surface area (Å²) in [5.41, 5.74) is 2.35. The molecular formula is C11H10N4O. The molecule has 0 spiro atoms.